The Kier molecular flexibility index (Phi) is 6.47. The first-order chi connectivity index (χ1) is 15.6. The number of nitrogens with one attached hydrogen (secondary N) is 1. The van der Waals surface area contributed by atoms with Crippen molar-refractivity contribution in [3.8, 4) is 23.2 Å². The third-order valence-corrected chi connectivity index (χ3v) is 4.69. The topological polar surface area (TPSA) is 144 Å². The second kappa shape index (κ2) is 9.10. The van der Waals surface area contributed by atoms with Gasteiger partial charge in [0.1, 0.15) is 11.4 Å². The number of aromatic nitrogens is 4. The summed E-state index contributed by atoms with van der Waals surface area (Å²) in [5, 5.41) is 19.1. The van der Waals surface area contributed by atoms with Gasteiger partial charge >= 0.3 is 5.69 Å². The smallest absolute Gasteiger partial charge is 0.327 e. The molecule has 1 amide bonds. The van der Waals surface area contributed by atoms with Gasteiger partial charge in [0.25, 0.3) is 11.9 Å². The number of anilines is 1. The van der Waals surface area contributed by atoms with Crippen LogP contribution in [0.15, 0.2) is 30.6 Å². The van der Waals surface area contributed by atoms with Crippen LogP contribution in [0.4, 0.5) is 11.5 Å². The van der Waals surface area contributed by atoms with E-state index in [4.69, 9.17) is 14.2 Å². The van der Waals surface area contributed by atoms with Crippen LogP contribution in [0.5, 0.6) is 17.2 Å². The molecular weight excluding hydrogens is 432 g/mol. The highest BCUT2D eigenvalue weighted by molar-refractivity contribution is 6.08. The average Bonchev–Trinajstić information content (AvgIpc) is 3.22. The second-order valence-corrected chi connectivity index (χ2v) is 7.88. The Morgan fingerprint density at radius 1 is 1.06 bits per heavy atom. The molecule has 0 radical (unpaired) electrons. The number of nitrogens with zero attached hydrogens (tertiary/aromatic N) is 5. The van der Waals surface area contributed by atoms with Gasteiger partial charge in [-0.3, -0.25) is 14.9 Å². The quantitative estimate of drug-likeness (QED) is 0.419. The number of hydrogen-bond donors (Lipinski definition) is 1. The summed E-state index contributed by atoms with van der Waals surface area (Å²) in [5.41, 5.74) is -0.540. The molecule has 0 aliphatic heterocycles. The molecule has 0 aliphatic rings. The van der Waals surface area contributed by atoms with Crippen LogP contribution in [0.25, 0.3) is 5.95 Å². The lowest BCUT2D eigenvalue weighted by Gasteiger charge is -2.15. The van der Waals surface area contributed by atoms with Crippen LogP contribution in [0.2, 0.25) is 0 Å². The molecule has 2 aromatic heterocycles. The Bertz CT molecular complexity index is 1190. The number of hydrogen-bond acceptors (Lipinski definition) is 9. The number of carbonyl (C=O) groups is 1. The minimum atomic E-state index is -0.779. The van der Waals surface area contributed by atoms with E-state index in [0.717, 1.165) is 0 Å². The highest BCUT2D eigenvalue weighted by Gasteiger charge is 2.33. The average molecular weight is 456 g/mol. The number of nitro groups is 1. The van der Waals surface area contributed by atoms with Crippen molar-refractivity contribution in [2.45, 2.75) is 26.2 Å². The fourth-order valence-corrected chi connectivity index (χ4v) is 3.07. The van der Waals surface area contributed by atoms with Gasteiger partial charge in [-0.1, -0.05) is 20.8 Å². The number of methoxy groups -OCH3 is 3. The first kappa shape index (κ1) is 23.4. The lowest BCUT2D eigenvalue weighted by molar-refractivity contribution is -0.386. The van der Waals surface area contributed by atoms with Crippen LogP contribution in [0.3, 0.4) is 0 Å². The molecule has 0 fully saturated rings. The summed E-state index contributed by atoms with van der Waals surface area (Å²) in [6, 6.07) is 4.53. The molecule has 0 unspecified atom stereocenters. The van der Waals surface area contributed by atoms with E-state index in [2.05, 4.69) is 20.4 Å². The van der Waals surface area contributed by atoms with Crippen molar-refractivity contribution in [1.29, 1.82) is 0 Å². The van der Waals surface area contributed by atoms with Crippen molar-refractivity contribution in [3.05, 3.63) is 52.0 Å². The number of ether oxygens (including phenoxy) is 3. The van der Waals surface area contributed by atoms with Gasteiger partial charge in [-0.2, -0.15) is 9.78 Å². The van der Waals surface area contributed by atoms with Crippen LogP contribution >= 0.6 is 0 Å². The van der Waals surface area contributed by atoms with E-state index in [0.29, 0.717) is 5.69 Å². The Hall–Kier alpha value is -4.22. The molecule has 0 aliphatic carbocycles. The lowest BCUT2D eigenvalue weighted by atomic mass is 9.92. The van der Waals surface area contributed by atoms with Crippen LogP contribution in [-0.2, 0) is 5.41 Å². The predicted molar refractivity (Wildman–Crippen MR) is 119 cm³/mol. The van der Waals surface area contributed by atoms with Gasteiger partial charge in [-0.25, -0.2) is 9.97 Å². The van der Waals surface area contributed by atoms with E-state index in [-0.39, 0.29) is 40.0 Å². The van der Waals surface area contributed by atoms with Crippen molar-refractivity contribution in [3.63, 3.8) is 0 Å². The fourth-order valence-electron chi connectivity index (χ4n) is 3.07. The minimum absolute atomic E-state index is 0.000922. The van der Waals surface area contributed by atoms with Crippen LogP contribution in [0, 0.1) is 10.1 Å². The number of benzene rings is 1. The SMILES string of the molecule is COc1cc(C(=O)Nc2cc(C(C)(C)C)nn2-c2ncccn2)c([N+](=O)[O-])c(OC)c1OC. The van der Waals surface area contributed by atoms with E-state index in [1.165, 1.54) is 44.5 Å². The van der Waals surface area contributed by atoms with Crippen molar-refractivity contribution in [2.24, 2.45) is 0 Å². The maximum Gasteiger partial charge on any atom is 0.327 e. The zero-order chi connectivity index (χ0) is 24.3. The number of rotatable bonds is 7. The number of nitro benzene ring substituents is 1. The molecule has 12 nitrogen and oxygen atoms in total. The molecule has 1 aromatic carbocycles. The summed E-state index contributed by atoms with van der Waals surface area (Å²) < 4.78 is 17.0. The van der Waals surface area contributed by atoms with Gasteiger partial charge in [0.15, 0.2) is 5.75 Å². The van der Waals surface area contributed by atoms with E-state index in [9.17, 15) is 14.9 Å². The molecule has 12 heteroatoms. The molecule has 0 spiro atoms. The molecule has 0 saturated heterocycles. The van der Waals surface area contributed by atoms with Gasteiger partial charge in [-0.05, 0) is 6.07 Å². The Balaban J connectivity index is 2.15. The zero-order valence-corrected chi connectivity index (χ0v) is 19.1. The van der Waals surface area contributed by atoms with Gasteiger partial charge in [-0.15, -0.1) is 0 Å². The number of carbonyl (C=O) groups excluding carboxylic acids is 1. The molecule has 1 N–H and O–H groups in total. The molecular formula is C21H24N6O6. The second-order valence-electron chi connectivity index (χ2n) is 7.88. The summed E-state index contributed by atoms with van der Waals surface area (Å²) in [6.45, 7) is 5.88. The van der Waals surface area contributed by atoms with Crippen molar-refractivity contribution in [2.75, 3.05) is 26.6 Å². The molecule has 2 heterocycles. The molecule has 3 aromatic rings. The largest absolute Gasteiger partial charge is 0.493 e. The molecule has 0 saturated carbocycles. The van der Waals surface area contributed by atoms with Crippen LogP contribution in [0.1, 0.15) is 36.8 Å². The minimum Gasteiger partial charge on any atom is -0.493 e. The Morgan fingerprint density at radius 3 is 2.21 bits per heavy atom. The predicted octanol–water partition coefficient (Wildman–Crippen LogP) is 3.15. The number of amides is 1. The van der Waals surface area contributed by atoms with Crippen LogP contribution in [-0.4, -0.2) is 51.9 Å². The highest BCUT2D eigenvalue weighted by atomic mass is 16.6. The summed E-state index contributed by atoms with van der Waals surface area (Å²) in [7, 11) is 3.90. The summed E-state index contributed by atoms with van der Waals surface area (Å²) in [6.07, 6.45) is 3.08. The maximum atomic E-state index is 13.3. The van der Waals surface area contributed by atoms with Gasteiger partial charge in [0.05, 0.1) is 31.9 Å². The Morgan fingerprint density at radius 2 is 1.70 bits per heavy atom. The van der Waals surface area contributed by atoms with E-state index < -0.39 is 16.5 Å². The first-order valence-corrected chi connectivity index (χ1v) is 9.79. The fraction of sp³-hybridized carbons (Fsp3) is 0.333. The third kappa shape index (κ3) is 4.54. The van der Waals surface area contributed by atoms with Gasteiger partial charge in [0, 0.05) is 29.9 Å². The normalized spacial score (nSPS) is 11.1. The summed E-state index contributed by atoms with van der Waals surface area (Å²) >= 11 is 0. The summed E-state index contributed by atoms with van der Waals surface area (Å²) in [4.78, 5) is 32.8. The highest BCUT2D eigenvalue weighted by Crippen LogP contribution is 2.46. The van der Waals surface area contributed by atoms with E-state index >= 15 is 0 Å². The molecule has 33 heavy (non-hydrogen) atoms. The van der Waals surface area contributed by atoms with Gasteiger partial charge in [0.2, 0.25) is 11.5 Å². The monoisotopic (exact) mass is 456 g/mol. The van der Waals surface area contributed by atoms with E-state index in [1.54, 1.807) is 12.1 Å². The van der Waals surface area contributed by atoms with E-state index in [1.807, 2.05) is 20.8 Å². The molecule has 3 rings (SSSR count). The summed E-state index contributed by atoms with van der Waals surface area (Å²) in [5.74, 6) is -0.455. The van der Waals surface area contributed by atoms with Crippen LogP contribution < -0.4 is 19.5 Å². The Labute approximate surface area is 189 Å². The molecule has 174 valence electrons. The van der Waals surface area contributed by atoms with Crippen molar-refractivity contribution in [1.82, 2.24) is 19.7 Å². The zero-order valence-electron chi connectivity index (χ0n) is 19.1. The standard InChI is InChI=1S/C21H24N6O6/c1-21(2,3)14-11-15(26(25-14)20-22-8-7-9-23-20)24-19(28)12-10-13(31-4)17(32-5)18(33-6)16(12)27(29)30/h7-11H,1-6H3,(H,24,28). The molecule has 0 atom stereocenters. The third-order valence-electron chi connectivity index (χ3n) is 4.69. The lowest BCUT2D eigenvalue weighted by Crippen LogP contribution is -2.18. The maximum absolute atomic E-state index is 13.3. The first-order valence-electron chi connectivity index (χ1n) is 9.79. The van der Waals surface area contributed by atoms with Gasteiger partial charge < -0.3 is 19.5 Å². The van der Waals surface area contributed by atoms with Crippen molar-refractivity contribution < 1.29 is 23.9 Å². The van der Waals surface area contributed by atoms with Crippen molar-refractivity contribution >= 4 is 17.4 Å². The molecule has 0 bridgehead atoms.